The van der Waals surface area contributed by atoms with Crippen LogP contribution in [0.3, 0.4) is 0 Å². The monoisotopic (exact) mass is 377 g/mol. The summed E-state index contributed by atoms with van der Waals surface area (Å²) in [5, 5.41) is 3.36. The predicted octanol–water partition coefficient (Wildman–Crippen LogP) is 5.62. The molecular formula is C23H20ClNO2. The fraction of sp³-hybridized carbons (Fsp3) is 0.130. The van der Waals surface area contributed by atoms with E-state index in [-0.39, 0.29) is 11.7 Å². The lowest BCUT2D eigenvalue weighted by Gasteiger charge is -2.14. The molecule has 27 heavy (non-hydrogen) atoms. The Kier molecular flexibility index (Phi) is 5.72. The number of carbonyl (C=O) groups excluding carboxylic acids is 2. The second kappa shape index (κ2) is 8.19. The van der Waals surface area contributed by atoms with Gasteiger partial charge in [-0.1, -0.05) is 66.2 Å². The second-order valence-electron chi connectivity index (χ2n) is 6.51. The first-order valence-electron chi connectivity index (χ1n) is 8.72. The van der Waals surface area contributed by atoms with E-state index in [4.69, 9.17) is 11.6 Å². The van der Waals surface area contributed by atoms with Crippen LogP contribution in [0, 0.1) is 6.92 Å². The van der Waals surface area contributed by atoms with Gasteiger partial charge in [-0.05, 0) is 43.2 Å². The van der Waals surface area contributed by atoms with Gasteiger partial charge in [-0.25, -0.2) is 0 Å². The number of benzene rings is 3. The zero-order valence-electron chi connectivity index (χ0n) is 15.2. The molecule has 1 amide bonds. The normalized spacial score (nSPS) is 11.7. The van der Waals surface area contributed by atoms with Gasteiger partial charge in [0.2, 0.25) is 5.91 Å². The Bertz CT molecular complexity index is 983. The molecule has 3 rings (SSSR count). The number of hydrogen-bond donors (Lipinski definition) is 1. The number of aryl methyl sites for hydroxylation is 1. The van der Waals surface area contributed by atoms with Crippen LogP contribution in [0.5, 0.6) is 0 Å². The topological polar surface area (TPSA) is 46.2 Å². The lowest BCUT2D eigenvalue weighted by molar-refractivity contribution is -0.117. The molecule has 1 N–H and O–H groups in total. The molecule has 0 aromatic heterocycles. The first-order chi connectivity index (χ1) is 13.0. The quantitative estimate of drug-likeness (QED) is 0.586. The van der Waals surface area contributed by atoms with Crippen molar-refractivity contribution in [3.63, 3.8) is 0 Å². The van der Waals surface area contributed by atoms with Crippen LogP contribution >= 0.6 is 11.6 Å². The number of halogens is 1. The standard InChI is InChI=1S/C23H20ClNO2/c1-15-11-12-21(20(24)13-15)25-23(27)16(2)18-9-6-10-19(14-18)22(26)17-7-4-3-5-8-17/h3-14,16H,1-2H3,(H,25,27)/t16-/m0/s1. The molecule has 136 valence electrons. The molecule has 0 aliphatic heterocycles. The first kappa shape index (κ1) is 18.9. The van der Waals surface area contributed by atoms with E-state index in [1.807, 2.05) is 44.2 Å². The average Bonchev–Trinajstić information content (AvgIpc) is 2.69. The maximum atomic E-state index is 12.6. The van der Waals surface area contributed by atoms with Crippen molar-refractivity contribution in [2.24, 2.45) is 0 Å². The molecule has 3 aromatic carbocycles. The van der Waals surface area contributed by atoms with Crippen LogP contribution in [0.15, 0.2) is 72.8 Å². The first-order valence-corrected chi connectivity index (χ1v) is 9.10. The maximum Gasteiger partial charge on any atom is 0.231 e. The van der Waals surface area contributed by atoms with Crippen molar-refractivity contribution >= 4 is 29.0 Å². The van der Waals surface area contributed by atoms with Crippen molar-refractivity contribution in [1.82, 2.24) is 0 Å². The van der Waals surface area contributed by atoms with Gasteiger partial charge in [0.25, 0.3) is 0 Å². The third kappa shape index (κ3) is 4.44. The van der Waals surface area contributed by atoms with Gasteiger partial charge >= 0.3 is 0 Å². The fourth-order valence-electron chi connectivity index (χ4n) is 2.82. The van der Waals surface area contributed by atoms with Gasteiger partial charge in [0.05, 0.1) is 16.6 Å². The van der Waals surface area contributed by atoms with E-state index < -0.39 is 5.92 Å². The SMILES string of the molecule is Cc1ccc(NC(=O)[C@@H](C)c2cccc(C(=O)c3ccccc3)c2)c(Cl)c1. The summed E-state index contributed by atoms with van der Waals surface area (Å²) in [4.78, 5) is 25.3. The van der Waals surface area contributed by atoms with E-state index in [1.165, 1.54) is 0 Å². The summed E-state index contributed by atoms with van der Waals surface area (Å²) in [6, 6.07) is 21.8. The Balaban J connectivity index is 1.79. The summed E-state index contributed by atoms with van der Waals surface area (Å²) in [7, 11) is 0. The zero-order valence-corrected chi connectivity index (χ0v) is 16.0. The van der Waals surface area contributed by atoms with Gasteiger partial charge in [0, 0.05) is 11.1 Å². The molecule has 0 saturated carbocycles. The highest BCUT2D eigenvalue weighted by atomic mass is 35.5. The molecule has 0 unspecified atom stereocenters. The van der Waals surface area contributed by atoms with Crippen molar-refractivity contribution in [3.05, 3.63) is 100 Å². The van der Waals surface area contributed by atoms with Crippen LogP contribution in [0.25, 0.3) is 0 Å². The molecule has 3 aromatic rings. The van der Waals surface area contributed by atoms with Gasteiger partial charge in [-0.2, -0.15) is 0 Å². The molecule has 0 spiro atoms. The van der Waals surface area contributed by atoms with Crippen LogP contribution in [0.1, 0.15) is 39.9 Å². The Morgan fingerprint density at radius 1 is 0.889 bits per heavy atom. The summed E-state index contributed by atoms with van der Waals surface area (Å²) in [6.07, 6.45) is 0. The van der Waals surface area contributed by atoms with E-state index in [2.05, 4.69) is 5.32 Å². The predicted molar refractivity (Wildman–Crippen MR) is 110 cm³/mol. The van der Waals surface area contributed by atoms with Crippen LogP contribution in [-0.4, -0.2) is 11.7 Å². The lowest BCUT2D eigenvalue weighted by Crippen LogP contribution is -2.19. The van der Waals surface area contributed by atoms with E-state index in [0.717, 1.165) is 11.1 Å². The molecular weight excluding hydrogens is 358 g/mol. The molecule has 0 aliphatic rings. The number of carbonyl (C=O) groups is 2. The van der Waals surface area contributed by atoms with Crippen LogP contribution in [-0.2, 0) is 4.79 Å². The zero-order chi connectivity index (χ0) is 19.4. The highest BCUT2D eigenvalue weighted by molar-refractivity contribution is 6.33. The molecule has 0 bridgehead atoms. The Morgan fingerprint density at radius 3 is 2.30 bits per heavy atom. The van der Waals surface area contributed by atoms with Crippen molar-refractivity contribution < 1.29 is 9.59 Å². The van der Waals surface area contributed by atoms with E-state index >= 15 is 0 Å². The van der Waals surface area contributed by atoms with Crippen molar-refractivity contribution in [2.75, 3.05) is 5.32 Å². The number of rotatable bonds is 5. The molecule has 1 atom stereocenters. The minimum absolute atomic E-state index is 0.0633. The van der Waals surface area contributed by atoms with Crippen molar-refractivity contribution in [3.8, 4) is 0 Å². The summed E-state index contributed by atoms with van der Waals surface area (Å²) in [6.45, 7) is 3.75. The number of hydrogen-bond acceptors (Lipinski definition) is 2. The van der Waals surface area contributed by atoms with Gasteiger partial charge in [0.1, 0.15) is 0 Å². The number of ketones is 1. The van der Waals surface area contributed by atoms with Gasteiger partial charge in [-0.15, -0.1) is 0 Å². The molecule has 4 heteroatoms. The average molecular weight is 378 g/mol. The number of amides is 1. The molecule has 3 nitrogen and oxygen atoms in total. The summed E-state index contributed by atoms with van der Waals surface area (Å²) in [5.41, 5.74) is 3.57. The van der Waals surface area contributed by atoms with Crippen molar-refractivity contribution in [1.29, 1.82) is 0 Å². The van der Waals surface area contributed by atoms with E-state index in [1.54, 1.807) is 42.5 Å². The fourth-order valence-corrected chi connectivity index (χ4v) is 3.10. The van der Waals surface area contributed by atoms with E-state index in [0.29, 0.717) is 21.8 Å². The Labute approximate surface area is 164 Å². The summed E-state index contributed by atoms with van der Waals surface area (Å²) in [5.74, 6) is -0.664. The minimum atomic E-state index is -0.425. The van der Waals surface area contributed by atoms with E-state index in [9.17, 15) is 9.59 Å². The molecule has 0 saturated heterocycles. The highest BCUT2D eigenvalue weighted by Crippen LogP contribution is 2.25. The number of anilines is 1. The minimum Gasteiger partial charge on any atom is -0.324 e. The largest absolute Gasteiger partial charge is 0.324 e. The third-order valence-electron chi connectivity index (χ3n) is 4.46. The van der Waals surface area contributed by atoms with Crippen LogP contribution < -0.4 is 5.32 Å². The lowest BCUT2D eigenvalue weighted by atomic mass is 9.95. The Morgan fingerprint density at radius 2 is 1.59 bits per heavy atom. The highest BCUT2D eigenvalue weighted by Gasteiger charge is 2.18. The van der Waals surface area contributed by atoms with Crippen molar-refractivity contribution in [2.45, 2.75) is 19.8 Å². The molecule has 0 radical (unpaired) electrons. The summed E-state index contributed by atoms with van der Waals surface area (Å²) >= 11 is 6.20. The Hall–Kier alpha value is -2.91. The molecule has 0 aliphatic carbocycles. The van der Waals surface area contributed by atoms with Gasteiger partial charge in [0.15, 0.2) is 5.78 Å². The van der Waals surface area contributed by atoms with Gasteiger partial charge in [-0.3, -0.25) is 9.59 Å². The molecule has 0 heterocycles. The van der Waals surface area contributed by atoms with Gasteiger partial charge < -0.3 is 5.32 Å². The number of nitrogens with one attached hydrogen (secondary N) is 1. The smallest absolute Gasteiger partial charge is 0.231 e. The summed E-state index contributed by atoms with van der Waals surface area (Å²) < 4.78 is 0. The van der Waals surface area contributed by atoms with Crippen LogP contribution in [0.4, 0.5) is 5.69 Å². The third-order valence-corrected chi connectivity index (χ3v) is 4.77. The maximum absolute atomic E-state index is 12.6. The second-order valence-corrected chi connectivity index (χ2v) is 6.92. The van der Waals surface area contributed by atoms with Crippen LogP contribution in [0.2, 0.25) is 5.02 Å². The molecule has 0 fully saturated rings.